The summed E-state index contributed by atoms with van der Waals surface area (Å²) < 4.78 is 0. The molecule has 11 heavy (non-hydrogen) atoms. The Kier molecular flexibility index (Phi) is 2.39. The first-order chi connectivity index (χ1) is 5.22. The zero-order chi connectivity index (χ0) is 8.27. The number of hydrogen-bond acceptors (Lipinski definition) is 1. The number of carbonyl (C=O) groups excluding carboxylic acids is 1. The van der Waals surface area contributed by atoms with Gasteiger partial charge in [-0.2, -0.15) is 0 Å². The first kappa shape index (κ1) is 7.95. The summed E-state index contributed by atoms with van der Waals surface area (Å²) in [5.41, 5.74) is 4.41. The van der Waals surface area contributed by atoms with Crippen LogP contribution in [0.25, 0.3) is 0 Å². The molecular weight excluding hydrogens is 138 g/mol. The van der Waals surface area contributed by atoms with E-state index in [4.69, 9.17) is 0 Å². The Hall–Kier alpha value is -1.15. The smallest absolute Gasteiger partial charge is 0.219 e. The molecule has 58 valence electrons. The predicted molar refractivity (Wildman–Crippen MR) is 43.1 cm³/mol. The Bertz CT molecular complexity index is 241. The molecule has 1 rings (SSSR count). The van der Waals surface area contributed by atoms with Crippen LogP contribution in [0.15, 0.2) is 30.3 Å². The van der Waals surface area contributed by atoms with Gasteiger partial charge in [-0.3, -0.25) is 4.79 Å². The molecule has 2 nitrogen and oxygen atoms in total. The summed E-state index contributed by atoms with van der Waals surface area (Å²) >= 11 is 0. The minimum atomic E-state index is -0.155. The highest BCUT2D eigenvalue weighted by atomic mass is 16.1. The Labute approximate surface area is 66.0 Å². The number of hydrogen-bond donors (Lipinski definition) is 1. The zero-order valence-corrected chi connectivity index (χ0v) is 6.58. The van der Waals surface area contributed by atoms with Crippen LogP contribution in [-0.2, 0) is 0 Å². The second-order valence-corrected chi connectivity index (χ2v) is 2.63. The average molecular weight is 150 g/mol. The highest BCUT2D eigenvalue weighted by Gasteiger charge is 2.11. The molecule has 0 aliphatic heterocycles. The van der Waals surface area contributed by atoms with Crippen molar-refractivity contribution in [2.75, 3.05) is 0 Å². The number of ketones is 1. The van der Waals surface area contributed by atoms with E-state index in [2.05, 4.69) is 5.73 Å². The summed E-state index contributed by atoms with van der Waals surface area (Å²) in [7, 11) is 0. The largest absolute Gasteiger partial charge is 0.349 e. The SMILES string of the molecule is CC([NH3+])C(=O)c1ccccc1. The summed E-state index contributed by atoms with van der Waals surface area (Å²) in [5.74, 6) is 0.102. The van der Waals surface area contributed by atoms with Gasteiger partial charge in [-0.1, -0.05) is 30.3 Å². The van der Waals surface area contributed by atoms with Crippen LogP contribution in [0, 0.1) is 0 Å². The van der Waals surface area contributed by atoms with Gasteiger partial charge >= 0.3 is 0 Å². The van der Waals surface area contributed by atoms with Crippen molar-refractivity contribution in [2.45, 2.75) is 13.0 Å². The topological polar surface area (TPSA) is 44.7 Å². The minimum Gasteiger partial charge on any atom is -0.349 e. The molecule has 0 aliphatic carbocycles. The molecule has 1 aromatic rings. The van der Waals surface area contributed by atoms with Crippen molar-refractivity contribution >= 4 is 5.78 Å². The number of rotatable bonds is 2. The maximum absolute atomic E-state index is 11.3. The van der Waals surface area contributed by atoms with E-state index in [1.807, 2.05) is 30.3 Å². The van der Waals surface area contributed by atoms with E-state index in [0.29, 0.717) is 0 Å². The Balaban J connectivity index is 2.86. The third kappa shape index (κ3) is 1.88. The van der Waals surface area contributed by atoms with E-state index in [0.717, 1.165) is 5.56 Å². The van der Waals surface area contributed by atoms with Crippen molar-refractivity contribution in [3.8, 4) is 0 Å². The molecule has 0 amide bonds. The first-order valence-corrected chi connectivity index (χ1v) is 3.64. The van der Waals surface area contributed by atoms with Crippen LogP contribution in [0.1, 0.15) is 17.3 Å². The normalized spacial score (nSPS) is 12.5. The number of quaternary nitrogens is 1. The molecule has 1 atom stereocenters. The Morgan fingerprint density at radius 3 is 2.36 bits per heavy atom. The molecule has 0 radical (unpaired) electrons. The molecule has 0 aromatic heterocycles. The number of benzene rings is 1. The maximum atomic E-state index is 11.3. The third-order valence-electron chi connectivity index (χ3n) is 1.51. The van der Waals surface area contributed by atoms with Gasteiger partial charge in [0.05, 0.1) is 0 Å². The van der Waals surface area contributed by atoms with Gasteiger partial charge in [-0.15, -0.1) is 0 Å². The summed E-state index contributed by atoms with van der Waals surface area (Å²) in [5, 5.41) is 0. The van der Waals surface area contributed by atoms with Crippen LogP contribution in [0.5, 0.6) is 0 Å². The molecular formula is C9H12NO+. The lowest BCUT2D eigenvalue weighted by molar-refractivity contribution is -0.393. The molecule has 2 heteroatoms. The van der Waals surface area contributed by atoms with E-state index in [9.17, 15) is 4.79 Å². The summed E-state index contributed by atoms with van der Waals surface area (Å²) in [4.78, 5) is 11.3. The van der Waals surface area contributed by atoms with Gasteiger partial charge in [-0.05, 0) is 6.92 Å². The van der Waals surface area contributed by atoms with Crippen LogP contribution >= 0.6 is 0 Å². The molecule has 0 spiro atoms. The van der Waals surface area contributed by atoms with Gasteiger partial charge in [0.15, 0.2) is 0 Å². The summed E-state index contributed by atoms with van der Waals surface area (Å²) in [6.45, 7) is 1.80. The second-order valence-electron chi connectivity index (χ2n) is 2.63. The van der Waals surface area contributed by atoms with Crippen LogP contribution in [-0.4, -0.2) is 11.8 Å². The van der Waals surface area contributed by atoms with Gasteiger partial charge in [0.1, 0.15) is 6.04 Å². The third-order valence-corrected chi connectivity index (χ3v) is 1.51. The fourth-order valence-electron chi connectivity index (χ4n) is 0.887. The maximum Gasteiger partial charge on any atom is 0.219 e. The Morgan fingerprint density at radius 1 is 1.36 bits per heavy atom. The number of carbonyl (C=O) groups is 1. The van der Waals surface area contributed by atoms with Crippen molar-refractivity contribution in [3.05, 3.63) is 35.9 Å². The van der Waals surface area contributed by atoms with E-state index in [1.54, 1.807) is 6.92 Å². The molecule has 0 aliphatic rings. The van der Waals surface area contributed by atoms with Gasteiger partial charge < -0.3 is 5.73 Å². The fraction of sp³-hybridized carbons (Fsp3) is 0.222. The van der Waals surface area contributed by atoms with Crippen LogP contribution in [0.3, 0.4) is 0 Å². The van der Waals surface area contributed by atoms with Crippen molar-refractivity contribution < 1.29 is 10.5 Å². The van der Waals surface area contributed by atoms with Crippen LogP contribution in [0.4, 0.5) is 0 Å². The van der Waals surface area contributed by atoms with E-state index in [-0.39, 0.29) is 11.8 Å². The highest BCUT2D eigenvalue weighted by Crippen LogP contribution is 2.00. The molecule has 1 aromatic carbocycles. The van der Waals surface area contributed by atoms with Gasteiger partial charge in [0, 0.05) is 5.56 Å². The van der Waals surface area contributed by atoms with E-state index < -0.39 is 0 Å². The summed E-state index contributed by atoms with van der Waals surface area (Å²) in [6.07, 6.45) is 0. The van der Waals surface area contributed by atoms with Gasteiger partial charge in [-0.25, -0.2) is 0 Å². The summed E-state index contributed by atoms with van der Waals surface area (Å²) in [6, 6.07) is 9.07. The molecule has 0 bridgehead atoms. The average Bonchev–Trinajstić information content (AvgIpc) is 2.05. The van der Waals surface area contributed by atoms with Gasteiger partial charge in [0.25, 0.3) is 0 Å². The van der Waals surface area contributed by atoms with Crippen molar-refractivity contribution in [1.29, 1.82) is 0 Å². The minimum absolute atomic E-state index is 0.102. The highest BCUT2D eigenvalue weighted by molar-refractivity contribution is 5.98. The second kappa shape index (κ2) is 3.30. The lowest BCUT2D eigenvalue weighted by Gasteiger charge is -1.99. The monoisotopic (exact) mass is 150 g/mol. The molecule has 1 unspecified atom stereocenters. The van der Waals surface area contributed by atoms with Crippen molar-refractivity contribution in [3.63, 3.8) is 0 Å². The standard InChI is InChI=1S/C9H11NO/c1-7(10)9(11)8-5-3-2-4-6-8/h2-7H,10H2,1H3/p+1. The molecule has 0 saturated carbocycles. The number of Topliss-reactive ketones (excluding diaryl/α,β-unsaturated/α-hetero) is 1. The first-order valence-electron chi connectivity index (χ1n) is 3.64. The lowest BCUT2D eigenvalue weighted by Crippen LogP contribution is -2.63. The van der Waals surface area contributed by atoms with Gasteiger partial charge in [0.2, 0.25) is 5.78 Å². The molecule has 0 saturated heterocycles. The zero-order valence-electron chi connectivity index (χ0n) is 6.58. The van der Waals surface area contributed by atoms with E-state index >= 15 is 0 Å². The fourth-order valence-corrected chi connectivity index (χ4v) is 0.887. The molecule has 0 heterocycles. The molecule has 0 fully saturated rings. The van der Waals surface area contributed by atoms with Crippen LogP contribution in [0.2, 0.25) is 0 Å². The van der Waals surface area contributed by atoms with E-state index in [1.165, 1.54) is 0 Å². The predicted octanol–water partition coefficient (Wildman–Crippen LogP) is 0.500. The Morgan fingerprint density at radius 2 is 1.91 bits per heavy atom. The lowest BCUT2D eigenvalue weighted by atomic mass is 10.1. The quantitative estimate of drug-likeness (QED) is 0.613. The molecule has 3 N–H and O–H groups in total. The van der Waals surface area contributed by atoms with Crippen LogP contribution < -0.4 is 5.73 Å². The van der Waals surface area contributed by atoms with Crippen molar-refractivity contribution in [2.24, 2.45) is 0 Å². The van der Waals surface area contributed by atoms with Crippen molar-refractivity contribution in [1.82, 2.24) is 0 Å².